The molecular formula is C19H24N6O3S. The topological polar surface area (TPSA) is 105 Å². The highest BCUT2D eigenvalue weighted by Gasteiger charge is 2.27. The number of hydrogen-bond donors (Lipinski definition) is 0. The highest BCUT2D eigenvalue weighted by molar-refractivity contribution is 7.89. The van der Waals surface area contributed by atoms with E-state index in [-0.39, 0.29) is 7.18 Å². The van der Waals surface area contributed by atoms with Gasteiger partial charge in [0.2, 0.25) is 15.9 Å². The summed E-state index contributed by atoms with van der Waals surface area (Å²) in [6.45, 7) is 5.46. The predicted octanol–water partition coefficient (Wildman–Crippen LogP) is 2.22. The molecule has 3 heterocycles. The van der Waals surface area contributed by atoms with Crippen LogP contribution in [0, 0.1) is 6.92 Å². The Morgan fingerprint density at radius 3 is 2.45 bits per heavy atom. The number of nitrogens with zero attached hydrogens (tertiary/aromatic N) is 6. The standard InChI is InChI=1S/C19H22N6O3S.H2/c1-3-29(26,27)25-11-9-24(10-12-25)16-13-20-14(2)17(21-16)19-23-22-18(28-19)15-7-5-4-6-8-15;/h4-8,13H,3,9-12H2,1-2H3;1H. The van der Waals surface area contributed by atoms with Crippen LogP contribution in [0.25, 0.3) is 23.0 Å². The van der Waals surface area contributed by atoms with Crippen molar-refractivity contribution >= 4 is 15.8 Å². The molecule has 0 radical (unpaired) electrons. The Bertz CT molecular complexity index is 1100. The van der Waals surface area contributed by atoms with E-state index in [0.29, 0.717) is 55.2 Å². The first-order valence-electron chi connectivity index (χ1n) is 9.43. The van der Waals surface area contributed by atoms with Crippen LogP contribution in [0.3, 0.4) is 0 Å². The summed E-state index contributed by atoms with van der Waals surface area (Å²) in [6.07, 6.45) is 1.69. The monoisotopic (exact) mass is 416 g/mol. The van der Waals surface area contributed by atoms with E-state index >= 15 is 0 Å². The molecule has 0 amide bonds. The lowest BCUT2D eigenvalue weighted by molar-refractivity contribution is 0.384. The minimum atomic E-state index is -3.17. The molecule has 1 aliphatic rings. The van der Waals surface area contributed by atoms with Crippen molar-refractivity contribution in [1.82, 2.24) is 24.5 Å². The SMILES string of the molecule is CCS(=O)(=O)N1CCN(c2cnc(C)c(-c3nnc(-c4ccccc4)o3)n2)CC1.[HH]. The molecule has 0 atom stereocenters. The minimum Gasteiger partial charge on any atom is -0.415 e. The second-order valence-electron chi connectivity index (χ2n) is 6.73. The fraction of sp³-hybridized carbons (Fsp3) is 0.368. The van der Waals surface area contributed by atoms with Crippen molar-refractivity contribution in [2.24, 2.45) is 0 Å². The highest BCUT2D eigenvalue weighted by atomic mass is 32.2. The Kier molecular flexibility index (Phi) is 5.29. The third-order valence-electron chi connectivity index (χ3n) is 4.91. The Labute approximate surface area is 171 Å². The van der Waals surface area contributed by atoms with E-state index in [0.717, 1.165) is 5.56 Å². The van der Waals surface area contributed by atoms with Gasteiger partial charge in [-0.1, -0.05) is 18.2 Å². The minimum absolute atomic E-state index is 0. The van der Waals surface area contributed by atoms with E-state index in [1.807, 2.05) is 42.2 Å². The van der Waals surface area contributed by atoms with Crippen molar-refractivity contribution in [2.75, 3.05) is 36.8 Å². The number of hydrogen-bond acceptors (Lipinski definition) is 8. The van der Waals surface area contributed by atoms with Gasteiger partial charge < -0.3 is 9.32 Å². The number of anilines is 1. The molecule has 0 N–H and O–H groups in total. The highest BCUT2D eigenvalue weighted by Crippen LogP contribution is 2.26. The van der Waals surface area contributed by atoms with Gasteiger partial charge in [0.05, 0.1) is 17.6 Å². The van der Waals surface area contributed by atoms with Crippen molar-refractivity contribution < 1.29 is 14.3 Å². The summed E-state index contributed by atoms with van der Waals surface area (Å²) in [5.41, 5.74) is 2.05. The van der Waals surface area contributed by atoms with Crippen molar-refractivity contribution in [3.8, 4) is 23.0 Å². The summed E-state index contributed by atoms with van der Waals surface area (Å²) in [5, 5.41) is 8.26. The van der Waals surface area contributed by atoms with E-state index in [9.17, 15) is 8.42 Å². The Hall–Kier alpha value is -2.85. The molecule has 0 unspecified atom stereocenters. The summed E-state index contributed by atoms with van der Waals surface area (Å²) in [4.78, 5) is 11.1. The number of benzene rings is 1. The molecule has 0 aliphatic carbocycles. The molecule has 1 fully saturated rings. The van der Waals surface area contributed by atoms with Crippen molar-refractivity contribution in [3.63, 3.8) is 0 Å². The zero-order chi connectivity index (χ0) is 20.4. The molecule has 9 nitrogen and oxygen atoms in total. The van der Waals surface area contributed by atoms with Gasteiger partial charge in [-0.15, -0.1) is 10.2 Å². The molecule has 29 heavy (non-hydrogen) atoms. The van der Waals surface area contributed by atoms with Crippen LogP contribution in [-0.2, 0) is 10.0 Å². The fourth-order valence-electron chi connectivity index (χ4n) is 3.19. The predicted molar refractivity (Wildman–Crippen MR) is 111 cm³/mol. The lowest BCUT2D eigenvalue weighted by Crippen LogP contribution is -2.49. The van der Waals surface area contributed by atoms with Gasteiger partial charge in [0, 0.05) is 33.2 Å². The second-order valence-corrected chi connectivity index (χ2v) is 8.98. The zero-order valence-corrected chi connectivity index (χ0v) is 17.1. The Morgan fingerprint density at radius 1 is 1.07 bits per heavy atom. The average molecular weight is 417 g/mol. The largest absolute Gasteiger partial charge is 0.415 e. The van der Waals surface area contributed by atoms with Gasteiger partial charge in [-0.05, 0) is 26.0 Å². The van der Waals surface area contributed by atoms with Gasteiger partial charge in [0.1, 0.15) is 5.82 Å². The maximum atomic E-state index is 12.1. The maximum absolute atomic E-state index is 12.1. The Morgan fingerprint density at radius 2 is 1.76 bits per heavy atom. The molecule has 1 saturated heterocycles. The molecule has 154 valence electrons. The molecule has 0 bridgehead atoms. The summed E-state index contributed by atoms with van der Waals surface area (Å²) >= 11 is 0. The van der Waals surface area contributed by atoms with Crippen LogP contribution in [0.15, 0.2) is 40.9 Å². The number of aryl methyl sites for hydroxylation is 1. The first-order valence-corrected chi connectivity index (χ1v) is 11.0. The lowest BCUT2D eigenvalue weighted by atomic mass is 10.2. The lowest BCUT2D eigenvalue weighted by Gasteiger charge is -2.34. The summed E-state index contributed by atoms with van der Waals surface area (Å²) in [6, 6.07) is 9.53. The normalized spacial score (nSPS) is 15.6. The van der Waals surface area contributed by atoms with E-state index < -0.39 is 10.0 Å². The smallest absolute Gasteiger partial charge is 0.268 e. The number of piperazine rings is 1. The van der Waals surface area contributed by atoms with Gasteiger partial charge in [-0.2, -0.15) is 4.31 Å². The molecule has 1 aliphatic heterocycles. The quantitative estimate of drug-likeness (QED) is 0.623. The summed E-state index contributed by atoms with van der Waals surface area (Å²) in [5.74, 6) is 1.51. The number of aromatic nitrogens is 4. The first kappa shape index (κ1) is 19.5. The molecule has 3 aromatic rings. The van der Waals surface area contributed by atoms with Crippen LogP contribution in [0.2, 0.25) is 0 Å². The third-order valence-corrected chi connectivity index (χ3v) is 6.79. The van der Waals surface area contributed by atoms with E-state index in [1.165, 1.54) is 4.31 Å². The van der Waals surface area contributed by atoms with Gasteiger partial charge in [0.15, 0.2) is 5.69 Å². The van der Waals surface area contributed by atoms with Crippen LogP contribution in [0.4, 0.5) is 5.82 Å². The van der Waals surface area contributed by atoms with Gasteiger partial charge in [-0.3, -0.25) is 4.98 Å². The average Bonchev–Trinajstić information content (AvgIpc) is 3.25. The van der Waals surface area contributed by atoms with Crippen LogP contribution < -0.4 is 4.90 Å². The van der Waals surface area contributed by atoms with Crippen LogP contribution in [0.1, 0.15) is 14.0 Å². The van der Waals surface area contributed by atoms with Gasteiger partial charge >= 0.3 is 0 Å². The fourth-order valence-corrected chi connectivity index (χ4v) is 4.27. The van der Waals surface area contributed by atoms with Gasteiger partial charge in [0.25, 0.3) is 5.89 Å². The van der Waals surface area contributed by atoms with Crippen LogP contribution >= 0.6 is 0 Å². The Balaban J connectivity index is 0.00000256. The third kappa shape index (κ3) is 3.99. The molecular weight excluding hydrogens is 392 g/mol. The van der Waals surface area contributed by atoms with Crippen LogP contribution in [-0.4, -0.2) is 64.8 Å². The van der Waals surface area contributed by atoms with E-state index in [1.54, 1.807) is 13.1 Å². The molecule has 10 heteroatoms. The number of rotatable bonds is 5. The molecule has 0 spiro atoms. The van der Waals surface area contributed by atoms with Crippen molar-refractivity contribution in [3.05, 3.63) is 42.2 Å². The van der Waals surface area contributed by atoms with E-state index in [2.05, 4.69) is 20.2 Å². The molecule has 4 rings (SSSR count). The molecule has 0 saturated carbocycles. The van der Waals surface area contributed by atoms with Crippen LogP contribution in [0.5, 0.6) is 0 Å². The maximum Gasteiger partial charge on any atom is 0.268 e. The number of sulfonamides is 1. The zero-order valence-electron chi connectivity index (χ0n) is 16.3. The second kappa shape index (κ2) is 7.88. The van der Waals surface area contributed by atoms with Gasteiger partial charge in [-0.25, -0.2) is 13.4 Å². The van der Waals surface area contributed by atoms with Crippen molar-refractivity contribution in [1.29, 1.82) is 0 Å². The first-order chi connectivity index (χ1) is 14.0. The summed E-state index contributed by atoms with van der Waals surface area (Å²) < 4.78 is 31.5. The van der Waals surface area contributed by atoms with Crippen molar-refractivity contribution in [2.45, 2.75) is 13.8 Å². The van der Waals surface area contributed by atoms with E-state index in [4.69, 9.17) is 4.42 Å². The molecule has 1 aromatic carbocycles. The summed E-state index contributed by atoms with van der Waals surface area (Å²) in [7, 11) is -3.17. The molecule has 2 aromatic heterocycles.